The number of carbonyl (C=O) groups excluding carboxylic acids is 1. The topological polar surface area (TPSA) is 57.7 Å². The Labute approximate surface area is 140 Å². The average molecular weight is 348 g/mol. The highest BCUT2D eigenvalue weighted by atomic mass is 32.2. The number of halogens is 1. The number of nitrogens with zero attached hydrogens (tertiary/aromatic N) is 2. The first-order valence-corrected chi connectivity index (χ1v) is 8.88. The highest BCUT2D eigenvalue weighted by Gasteiger charge is 2.30. The molecule has 0 saturated heterocycles. The first-order chi connectivity index (χ1) is 11.3. The third-order valence-corrected chi connectivity index (χ3v) is 5.93. The third kappa shape index (κ3) is 2.70. The molecule has 0 aromatic heterocycles. The van der Waals surface area contributed by atoms with Crippen LogP contribution in [0.15, 0.2) is 47.4 Å². The molecule has 5 nitrogen and oxygen atoms in total. The Morgan fingerprint density at radius 2 is 1.88 bits per heavy atom. The van der Waals surface area contributed by atoms with E-state index in [1.807, 2.05) is 0 Å². The summed E-state index contributed by atoms with van der Waals surface area (Å²) in [6.07, 6.45) is 0.543. The Balaban J connectivity index is 2.05. The summed E-state index contributed by atoms with van der Waals surface area (Å²) in [6.45, 7) is 0.397. The molecule has 0 atom stereocenters. The van der Waals surface area contributed by atoms with Gasteiger partial charge < -0.3 is 4.90 Å². The van der Waals surface area contributed by atoms with Crippen LogP contribution in [-0.4, -0.2) is 39.3 Å². The van der Waals surface area contributed by atoms with Crippen molar-refractivity contribution < 1.29 is 17.6 Å². The van der Waals surface area contributed by atoms with Gasteiger partial charge in [0.05, 0.1) is 10.5 Å². The van der Waals surface area contributed by atoms with Crippen LogP contribution in [-0.2, 0) is 16.4 Å². The molecule has 0 N–H and O–H groups in total. The maximum absolute atomic E-state index is 13.3. The van der Waals surface area contributed by atoms with Crippen LogP contribution in [0.25, 0.3) is 0 Å². The molecule has 3 rings (SSSR count). The van der Waals surface area contributed by atoms with Crippen LogP contribution in [0.3, 0.4) is 0 Å². The van der Waals surface area contributed by atoms with Crippen molar-refractivity contribution in [2.24, 2.45) is 0 Å². The fraction of sp³-hybridized carbons (Fsp3) is 0.235. The Morgan fingerprint density at radius 1 is 1.17 bits per heavy atom. The predicted octanol–water partition coefficient (Wildman–Crippen LogP) is 2.28. The van der Waals surface area contributed by atoms with Gasteiger partial charge in [-0.25, -0.2) is 17.1 Å². The van der Waals surface area contributed by atoms with Crippen LogP contribution in [0.1, 0.15) is 15.9 Å². The van der Waals surface area contributed by atoms with E-state index in [0.717, 1.165) is 9.87 Å². The molecule has 126 valence electrons. The summed E-state index contributed by atoms with van der Waals surface area (Å²) < 4.78 is 39.3. The number of amides is 1. The van der Waals surface area contributed by atoms with E-state index in [4.69, 9.17) is 0 Å². The quantitative estimate of drug-likeness (QED) is 0.855. The van der Waals surface area contributed by atoms with Gasteiger partial charge >= 0.3 is 0 Å². The van der Waals surface area contributed by atoms with Crippen LogP contribution in [0.5, 0.6) is 0 Å². The standard InChI is InChI=1S/C17H17FN2O3S/c1-19(2)24(22,23)16-6-4-3-5-14(16)17(21)20-10-9-12-11-13(18)7-8-15(12)20/h3-8,11H,9-10H2,1-2H3. The Morgan fingerprint density at radius 3 is 2.58 bits per heavy atom. The van der Waals surface area contributed by atoms with Crippen molar-refractivity contribution in [1.29, 1.82) is 0 Å². The van der Waals surface area contributed by atoms with Crippen LogP contribution < -0.4 is 4.90 Å². The fourth-order valence-corrected chi connectivity index (χ4v) is 3.87. The third-order valence-electron chi connectivity index (χ3n) is 4.06. The van der Waals surface area contributed by atoms with Crippen molar-refractivity contribution in [2.45, 2.75) is 11.3 Å². The molecule has 0 aliphatic carbocycles. The smallest absolute Gasteiger partial charge is 0.259 e. The van der Waals surface area contributed by atoms with E-state index >= 15 is 0 Å². The second-order valence-corrected chi connectivity index (χ2v) is 7.88. The van der Waals surface area contributed by atoms with Gasteiger partial charge in [-0.05, 0) is 42.3 Å². The van der Waals surface area contributed by atoms with Crippen molar-refractivity contribution in [3.63, 3.8) is 0 Å². The van der Waals surface area contributed by atoms with Gasteiger partial charge in [0, 0.05) is 26.3 Å². The summed E-state index contributed by atoms with van der Waals surface area (Å²) in [7, 11) is -0.898. The molecule has 1 aliphatic heterocycles. The number of hydrogen-bond acceptors (Lipinski definition) is 3. The van der Waals surface area contributed by atoms with E-state index in [1.54, 1.807) is 18.2 Å². The Kier molecular flexibility index (Phi) is 4.15. The monoisotopic (exact) mass is 348 g/mol. The highest BCUT2D eigenvalue weighted by molar-refractivity contribution is 7.89. The molecule has 0 radical (unpaired) electrons. The lowest BCUT2D eigenvalue weighted by atomic mass is 10.1. The minimum Gasteiger partial charge on any atom is -0.308 e. The normalized spacial score (nSPS) is 14.1. The van der Waals surface area contributed by atoms with Crippen molar-refractivity contribution in [2.75, 3.05) is 25.5 Å². The number of benzene rings is 2. The first kappa shape index (κ1) is 16.6. The highest BCUT2D eigenvalue weighted by Crippen LogP contribution is 2.31. The SMILES string of the molecule is CN(C)S(=O)(=O)c1ccccc1C(=O)N1CCc2cc(F)ccc21. The molecule has 0 spiro atoms. The molecule has 0 fully saturated rings. The van der Waals surface area contributed by atoms with Gasteiger partial charge in [-0.15, -0.1) is 0 Å². The Bertz CT molecular complexity index is 910. The maximum atomic E-state index is 13.3. The van der Waals surface area contributed by atoms with E-state index in [1.165, 1.54) is 43.3 Å². The van der Waals surface area contributed by atoms with E-state index in [0.29, 0.717) is 18.7 Å². The van der Waals surface area contributed by atoms with E-state index in [9.17, 15) is 17.6 Å². The molecule has 2 aromatic rings. The number of anilines is 1. The number of carbonyl (C=O) groups is 1. The van der Waals surface area contributed by atoms with E-state index < -0.39 is 15.9 Å². The maximum Gasteiger partial charge on any atom is 0.259 e. The number of rotatable bonds is 3. The average Bonchev–Trinajstić information content (AvgIpc) is 2.96. The lowest BCUT2D eigenvalue weighted by molar-refractivity contribution is 0.0986. The molecule has 0 saturated carbocycles. The summed E-state index contributed by atoms with van der Waals surface area (Å²) in [6, 6.07) is 10.4. The van der Waals surface area contributed by atoms with Crippen LogP contribution in [0.2, 0.25) is 0 Å². The van der Waals surface area contributed by atoms with Gasteiger partial charge in [0.2, 0.25) is 10.0 Å². The molecule has 2 aromatic carbocycles. The van der Waals surface area contributed by atoms with Gasteiger partial charge in [0.15, 0.2) is 0 Å². The molecular weight excluding hydrogens is 331 g/mol. The minimum atomic E-state index is -3.74. The van der Waals surface area contributed by atoms with Crippen molar-refractivity contribution in [1.82, 2.24) is 4.31 Å². The summed E-state index contributed by atoms with van der Waals surface area (Å²) in [5.74, 6) is -0.750. The zero-order valence-electron chi connectivity index (χ0n) is 13.4. The molecule has 7 heteroatoms. The number of hydrogen-bond donors (Lipinski definition) is 0. The lowest BCUT2D eigenvalue weighted by Crippen LogP contribution is -2.32. The zero-order valence-corrected chi connectivity index (χ0v) is 14.2. The van der Waals surface area contributed by atoms with E-state index in [-0.39, 0.29) is 16.3 Å². The second-order valence-electron chi connectivity index (χ2n) is 5.76. The van der Waals surface area contributed by atoms with Crippen LogP contribution >= 0.6 is 0 Å². The summed E-state index contributed by atoms with van der Waals surface area (Å²) in [4.78, 5) is 14.4. The summed E-state index contributed by atoms with van der Waals surface area (Å²) >= 11 is 0. The first-order valence-electron chi connectivity index (χ1n) is 7.44. The van der Waals surface area contributed by atoms with Crippen LogP contribution in [0, 0.1) is 5.82 Å². The van der Waals surface area contributed by atoms with Crippen molar-refractivity contribution >= 4 is 21.6 Å². The number of sulfonamides is 1. The minimum absolute atomic E-state index is 0.0319. The van der Waals surface area contributed by atoms with Crippen molar-refractivity contribution in [3.05, 3.63) is 59.4 Å². The van der Waals surface area contributed by atoms with Gasteiger partial charge in [-0.1, -0.05) is 12.1 Å². The molecule has 1 amide bonds. The molecule has 1 heterocycles. The van der Waals surface area contributed by atoms with Crippen LogP contribution in [0.4, 0.5) is 10.1 Å². The largest absolute Gasteiger partial charge is 0.308 e. The fourth-order valence-electron chi connectivity index (χ4n) is 2.79. The van der Waals surface area contributed by atoms with E-state index in [2.05, 4.69) is 0 Å². The van der Waals surface area contributed by atoms with Crippen molar-refractivity contribution in [3.8, 4) is 0 Å². The number of fused-ring (bicyclic) bond motifs is 1. The summed E-state index contributed by atoms with van der Waals surface area (Å²) in [5, 5.41) is 0. The van der Waals surface area contributed by atoms with Gasteiger partial charge in [-0.3, -0.25) is 4.79 Å². The zero-order chi connectivity index (χ0) is 17.5. The molecule has 0 unspecified atom stereocenters. The molecule has 0 bridgehead atoms. The van der Waals surface area contributed by atoms with Gasteiger partial charge in [0.25, 0.3) is 5.91 Å². The van der Waals surface area contributed by atoms with Gasteiger partial charge in [0.1, 0.15) is 5.82 Å². The Hall–Kier alpha value is -2.25. The molecule has 1 aliphatic rings. The molecular formula is C17H17FN2O3S. The van der Waals surface area contributed by atoms with Gasteiger partial charge in [-0.2, -0.15) is 0 Å². The molecule has 24 heavy (non-hydrogen) atoms. The summed E-state index contributed by atoms with van der Waals surface area (Å²) in [5.41, 5.74) is 1.48. The second kappa shape index (κ2) is 5.99. The predicted molar refractivity (Wildman–Crippen MR) is 89.1 cm³/mol. The lowest BCUT2D eigenvalue weighted by Gasteiger charge is -2.20.